The third-order valence-electron chi connectivity index (χ3n) is 4.00. The summed E-state index contributed by atoms with van der Waals surface area (Å²) >= 11 is 0. The lowest BCUT2D eigenvalue weighted by molar-refractivity contribution is 0.160. The highest BCUT2D eigenvalue weighted by Gasteiger charge is 2.27. The Bertz CT molecular complexity index is 275. The Morgan fingerprint density at radius 1 is 1.44 bits per heavy atom. The predicted octanol–water partition coefficient (Wildman–Crippen LogP) is 3.94. The van der Waals surface area contributed by atoms with Gasteiger partial charge in [-0.1, -0.05) is 38.0 Å². The summed E-state index contributed by atoms with van der Waals surface area (Å²) in [5.74, 6) is 1.75. The van der Waals surface area contributed by atoms with Crippen molar-refractivity contribution in [2.24, 2.45) is 17.8 Å². The van der Waals surface area contributed by atoms with Crippen LogP contribution in [-0.2, 0) is 0 Å². The van der Waals surface area contributed by atoms with Crippen LogP contribution in [-0.4, -0.2) is 11.2 Å². The van der Waals surface area contributed by atoms with Crippen molar-refractivity contribution in [3.63, 3.8) is 0 Å². The van der Waals surface area contributed by atoms with Gasteiger partial charge in [0.15, 0.2) is 0 Å². The molecule has 1 rings (SSSR count). The van der Waals surface area contributed by atoms with Crippen LogP contribution in [0, 0.1) is 17.8 Å². The first kappa shape index (κ1) is 13.5. The molecule has 0 saturated heterocycles. The van der Waals surface area contributed by atoms with E-state index in [0.717, 1.165) is 18.3 Å². The third kappa shape index (κ3) is 2.98. The Labute approximate surface area is 100 Å². The number of allylic oxidation sites excluding steroid dienone is 2. The van der Waals surface area contributed by atoms with Crippen LogP contribution in [0.1, 0.15) is 47.0 Å². The molecule has 0 aliphatic heterocycles. The summed E-state index contributed by atoms with van der Waals surface area (Å²) in [4.78, 5) is 0. The molecule has 0 amide bonds. The van der Waals surface area contributed by atoms with Gasteiger partial charge in [-0.2, -0.15) is 0 Å². The second kappa shape index (κ2) is 5.67. The minimum absolute atomic E-state index is 0.293. The molecule has 3 atom stereocenters. The van der Waals surface area contributed by atoms with Gasteiger partial charge in [-0.3, -0.25) is 0 Å². The van der Waals surface area contributed by atoms with Crippen molar-refractivity contribution in [2.45, 2.75) is 53.1 Å². The van der Waals surface area contributed by atoms with Crippen LogP contribution in [0.25, 0.3) is 0 Å². The van der Waals surface area contributed by atoms with Crippen molar-refractivity contribution in [1.29, 1.82) is 0 Å². The van der Waals surface area contributed by atoms with Gasteiger partial charge in [0, 0.05) is 0 Å². The lowest BCUT2D eigenvalue weighted by Crippen LogP contribution is -2.18. The molecule has 0 aromatic carbocycles. The van der Waals surface area contributed by atoms with E-state index in [0.29, 0.717) is 5.92 Å². The molecule has 0 aromatic heterocycles. The number of aliphatic hydroxyl groups is 1. The largest absolute Gasteiger partial charge is 0.389 e. The molecule has 0 fully saturated rings. The average molecular weight is 222 g/mol. The highest BCUT2D eigenvalue weighted by atomic mass is 16.3. The van der Waals surface area contributed by atoms with E-state index in [9.17, 15) is 5.11 Å². The minimum atomic E-state index is -0.367. The fraction of sp³-hybridized carbons (Fsp3) is 0.733. The Morgan fingerprint density at radius 2 is 2.06 bits per heavy atom. The van der Waals surface area contributed by atoms with Gasteiger partial charge in [0.2, 0.25) is 0 Å². The molecule has 0 heterocycles. The summed E-state index contributed by atoms with van der Waals surface area (Å²) in [6, 6.07) is 0. The van der Waals surface area contributed by atoms with Crippen LogP contribution in [0.3, 0.4) is 0 Å². The van der Waals surface area contributed by atoms with Crippen molar-refractivity contribution < 1.29 is 5.11 Å². The predicted molar refractivity (Wildman–Crippen MR) is 70.2 cm³/mol. The van der Waals surface area contributed by atoms with E-state index in [1.807, 2.05) is 0 Å². The first-order chi connectivity index (χ1) is 7.47. The van der Waals surface area contributed by atoms with Crippen LogP contribution in [0.4, 0.5) is 0 Å². The van der Waals surface area contributed by atoms with Crippen molar-refractivity contribution >= 4 is 0 Å². The normalized spacial score (nSPS) is 25.0. The van der Waals surface area contributed by atoms with Gasteiger partial charge in [0.1, 0.15) is 0 Å². The fourth-order valence-electron chi connectivity index (χ4n) is 2.78. The minimum Gasteiger partial charge on any atom is -0.389 e. The Morgan fingerprint density at radius 3 is 2.56 bits per heavy atom. The van der Waals surface area contributed by atoms with Crippen molar-refractivity contribution in [2.75, 3.05) is 0 Å². The standard InChI is InChI=1S/C15H26O/c1-6-15(16)12(5)9-14-11(4)7-8-13(14)10(2)3/h6,10,12-13,15-16H,1,7-9H2,2-5H3. The van der Waals surface area contributed by atoms with E-state index in [1.54, 1.807) is 17.2 Å². The van der Waals surface area contributed by atoms with Crippen LogP contribution in [0.2, 0.25) is 0 Å². The summed E-state index contributed by atoms with van der Waals surface area (Å²) in [5.41, 5.74) is 3.16. The molecule has 0 spiro atoms. The maximum Gasteiger partial charge on any atom is 0.0746 e. The van der Waals surface area contributed by atoms with Crippen LogP contribution in [0.15, 0.2) is 23.8 Å². The number of aliphatic hydroxyl groups excluding tert-OH is 1. The number of hydrogen-bond acceptors (Lipinski definition) is 1. The maximum absolute atomic E-state index is 9.76. The van der Waals surface area contributed by atoms with Crippen molar-refractivity contribution in [3.8, 4) is 0 Å². The number of hydrogen-bond donors (Lipinski definition) is 1. The molecule has 0 radical (unpaired) electrons. The van der Waals surface area contributed by atoms with E-state index in [-0.39, 0.29) is 6.10 Å². The average Bonchev–Trinajstić information content (AvgIpc) is 2.59. The monoisotopic (exact) mass is 222 g/mol. The summed E-state index contributed by atoms with van der Waals surface area (Å²) in [7, 11) is 0. The van der Waals surface area contributed by atoms with E-state index in [1.165, 1.54) is 12.8 Å². The Hall–Kier alpha value is -0.560. The highest BCUT2D eigenvalue weighted by Crippen LogP contribution is 2.40. The lowest BCUT2D eigenvalue weighted by atomic mass is 9.83. The first-order valence-corrected chi connectivity index (χ1v) is 6.46. The zero-order chi connectivity index (χ0) is 12.3. The van der Waals surface area contributed by atoms with E-state index in [2.05, 4.69) is 34.3 Å². The number of rotatable bonds is 5. The Balaban J connectivity index is 2.70. The summed E-state index contributed by atoms with van der Waals surface area (Å²) in [5, 5.41) is 9.76. The van der Waals surface area contributed by atoms with Gasteiger partial charge in [0.05, 0.1) is 6.10 Å². The zero-order valence-corrected chi connectivity index (χ0v) is 11.2. The molecule has 16 heavy (non-hydrogen) atoms. The molecular weight excluding hydrogens is 196 g/mol. The molecule has 0 bridgehead atoms. The first-order valence-electron chi connectivity index (χ1n) is 6.46. The molecular formula is C15H26O. The molecule has 1 heteroatoms. The van der Waals surface area contributed by atoms with Gasteiger partial charge in [-0.25, -0.2) is 0 Å². The smallest absolute Gasteiger partial charge is 0.0746 e. The van der Waals surface area contributed by atoms with Gasteiger partial charge < -0.3 is 5.11 Å². The van der Waals surface area contributed by atoms with Gasteiger partial charge in [-0.15, -0.1) is 6.58 Å². The lowest BCUT2D eigenvalue weighted by Gasteiger charge is -2.23. The molecule has 1 aliphatic rings. The quantitative estimate of drug-likeness (QED) is 0.698. The van der Waals surface area contributed by atoms with E-state index >= 15 is 0 Å². The second-order valence-electron chi connectivity index (χ2n) is 5.60. The fourth-order valence-corrected chi connectivity index (χ4v) is 2.78. The van der Waals surface area contributed by atoms with Gasteiger partial charge >= 0.3 is 0 Å². The summed E-state index contributed by atoms with van der Waals surface area (Å²) in [6.07, 6.45) is 4.86. The summed E-state index contributed by atoms with van der Waals surface area (Å²) < 4.78 is 0. The van der Waals surface area contributed by atoms with Crippen LogP contribution in [0.5, 0.6) is 0 Å². The molecule has 1 N–H and O–H groups in total. The molecule has 1 aliphatic carbocycles. The van der Waals surface area contributed by atoms with Crippen molar-refractivity contribution in [1.82, 2.24) is 0 Å². The van der Waals surface area contributed by atoms with E-state index < -0.39 is 0 Å². The van der Waals surface area contributed by atoms with E-state index in [4.69, 9.17) is 0 Å². The third-order valence-corrected chi connectivity index (χ3v) is 4.00. The van der Waals surface area contributed by atoms with Crippen LogP contribution < -0.4 is 0 Å². The topological polar surface area (TPSA) is 20.2 Å². The molecule has 3 unspecified atom stereocenters. The van der Waals surface area contributed by atoms with Crippen molar-refractivity contribution in [3.05, 3.63) is 23.8 Å². The highest BCUT2D eigenvalue weighted by molar-refractivity contribution is 5.22. The van der Waals surface area contributed by atoms with Gasteiger partial charge in [-0.05, 0) is 43.9 Å². The molecule has 92 valence electrons. The van der Waals surface area contributed by atoms with Crippen LogP contribution >= 0.6 is 0 Å². The maximum atomic E-state index is 9.76. The molecule has 0 aromatic rings. The molecule has 1 nitrogen and oxygen atoms in total. The second-order valence-corrected chi connectivity index (χ2v) is 5.60. The summed E-state index contributed by atoms with van der Waals surface area (Å²) in [6.45, 7) is 12.6. The molecule has 0 saturated carbocycles. The zero-order valence-electron chi connectivity index (χ0n) is 11.2. The SMILES string of the molecule is C=CC(O)C(C)CC1=C(C)CCC1C(C)C. The van der Waals surface area contributed by atoms with Gasteiger partial charge in [0.25, 0.3) is 0 Å². The Kier molecular flexibility index (Phi) is 4.79.